The average Bonchev–Trinajstić information content (AvgIpc) is 2.20. The third-order valence-electron chi connectivity index (χ3n) is 2.29. The van der Waals surface area contributed by atoms with Crippen LogP contribution in [0.4, 0.5) is 5.69 Å². The number of rotatable bonds is 5. The van der Waals surface area contributed by atoms with Crippen LogP contribution in [0.3, 0.4) is 0 Å². The summed E-state index contributed by atoms with van der Waals surface area (Å²) >= 11 is 11.8. The summed E-state index contributed by atoms with van der Waals surface area (Å²) in [4.78, 5) is 10.4. The van der Waals surface area contributed by atoms with Crippen LogP contribution < -0.4 is 0 Å². The van der Waals surface area contributed by atoms with Crippen molar-refractivity contribution < 1.29 is 4.92 Å². The molecule has 0 fully saturated rings. The lowest BCUT2D eigenvalue weighted by atomic mass is 10.1. The third kappa shape index (κ3) is 3.65. The number of hydrogen-bond donors (Lipinski definition) is 0. The maximum Gasteiger partial charge on any atom is 0.274 e. The van der Waals surface area contributed by atoms with Crippen LogP contribution in [0.1, 0.15) is 25.3 Å². The minimum absolute atomic E-state index is 0.0502. The van der Waals surface area contributed by atoms with Crippen molar-refractivity contribution in [1.82, 2.24) is 0 Å². The highest BCUT2D eigenvalue weighted by atomic mass is 35.5. The Balaban J connectivity index is 2.90. The number of nitrogens with zero attached hydrogens (tertiary/aromatic N) is 1. The van der Waals surface area contributed by atoms with Gasteiger partial charge in [0.15, 0.2) is 0 Å². The molecule has 88 valence electrons. The summed E-state index contributed by atoms with van der Waals surface area (Å²) in [7, 11) is 0. The molecule has 5 heteroatoms. The summed E-state index contributed by atoms with van der Waals surface area (Å²) in [5.41, 5.74) is 0.692. The molecule has 0 spiro atoms. The molecule has 1 atom stereocenters. The molecular weight excluding hydrogens is 249 g/mol. The highest BCUT2D eigenvalue weighted by Crippen LogP contribution is 2.26. The molecule has 0 bridgehead atoms. The summed E-state index contributed by atoms with van der Waals surface area (Å²) in [5, 5.41) is 11.1. The molecule has 0 saturated carbocycles. The van der Waals surface area contributed by atoms with E-state index in [1.54, 1.807) is 12.1 Å². The molecule has 0 aliphatic carbocycles. The van der Waals surface area contributed by atoms with Gasteiger partial charge in [-0.3, -0.25) is 10.1 Å². The SMILES string of the molecule is CCCC(Cl)Cc1ccc(Cl)cc1[N+](=O)[O-]. The van der Waals surface area contributed by atoms with E-state index in [-0.39, 0.29) is 11.1 Å². The van der Waals surface area contributed by atoms with Gasteiger partial charge in [0.05, 0.1) is 4.92 Å². The van der Waals surface area contributed by atoms with Crippen LogP contribution in [-0.4, -0.2) is 10.3 Å². The number of nitro groups is 1. The van der Waals surface area contributed by atoms with Crippen molar-refractivity contribution in [2.24, 2.45) is 0 Å². The van der Waals surface area contributed by atoms with Crippen LogP contribution >= 0.6 is 23.2 Å². The predicted molar refractivity (Wildman–Crippen MR) is 66.4 cm³/mol. The molecule has 0 radical (unpaired) electrons. The molecule has 1 rings (SSSR count). The molecular formula is C11H13Cl2NO2. The maximum atomic E-state index is 10.8. The zero-order valence-corrected chi connectivity index (χ0v) is 10.5. The molecule has 3 nitrogen and oxygen atoms in total. The number of halogens is 2. The number of nitro benzene ring substituents is 1. The van der Waals surface area contributed by atoms with E-state index in [2.05, 4.69) is 0 Å². The van der Waals surface area contributed by atoms with Crippen LogP contribution in [0.2, 0.25) is 5.02 Å². The van der Waals surface area contributed by atoms with Crippen molar-refractivity contribution in [3.05, 3.63) is 38.9 Å². The lowest BCUT2D eigenvalue weighted by molar-refractivity contribution is -0.385. The van der Waals surface area contributed by atoms with E-state index in [9.17, 15) is 10.1 Å². The lowest BCUT2D eigenvalue weighted by Gasteiger charge is -2.08. The highest BCUT2D eigenvalue weighted by molar-refractivity contribution is 6.30. The van der Waals surface area contributed by atoms with Gasteiger partial charge in [0.2, 0.25) is 0 Å². The van der Waals surface area contributed by atoms with Gasteiger partial charge in [-0.2, -0.15) is 0 Å². The topological polar surface area (TPSA) is 43.1 Å². The van der Waals surface area contributed by atoms with Gasteiger partial charge in [-0.25, -0.2) is 0 Å². The Labute approximate surface area is 105 Å². The molecule has 0 saturated heterocycles. The van der Waals surface area contributed by atoms with Gasteiger partial charge in [0.25, 0.3) is 5.69 Å². The van der Waals surface area contributed by atoms with Crippen molar-refractivity contribution >= 4 is 28.9 Å². The van der Waals surface area contributed by atoms with Gasteiger partial charge >= 0.3 is 0 Å². The van der Waals surface area contributed by atoms with E-state index in [0.717, 1.165) is 12.8 Å². The van der Waals surface area contributed by atoms with Crippen molar-refractivity contribution in [2.75, 3.05) is 0 Å². The molecule has 16 heavy (non-hydrogen) atoms. The van der Waals surface area contributed by atoms with Crippen LogP contribution in [0.25, 0.3) is 0 Å². The van der Waals surface area contributed by atoms with E-state index < -0.39 is 4.92 Å². The van der Waals surface area contributed by atoms with E-state index in [4.69, 9.17) is 23.2 Å². The monoisotopic (exact) mass is 261 g/mol. The van der Waals surface area contributed by atoms with Gasteiger partial charge in [-0.05, 0) is 18.9 Å². The van der Waals surface area contributed by atoms with Crippen molar-refractivity contribution in [1.29, 1.82) is 0 Å². The minimum Gasteiger partial charge on any atom is -0.258 e. The molecule has 0 amide bonds. The predicted octanol–water partition coefficient (Wildman–Crippen LogP) is 4.20. The summed E-state index contributed by atoms with van der Waals surface area (Å²) in [6.45, 7) is 2.03. The molecule has 0 N–H and O–H groups in total. The van der Waals surface area contributed by atoms with Crippen LogP contribution in [-0.2, 0) is 6.42 Å². The fraction of sp³-hybridized carbons (Fsp3) is 0.455. The summed E-state index contributed by atoms with van der Waals surface area (Å²) < 4.78 is 0. The molecule has 1 aromatic rings. The first-order valence-corrected chi connectivity index (χ1v) is 5.93. The first kappa shape index (κ1) is 13.3. The van der Waals surface area contributed by atoms with Gasteiger partial charge in [0, 0.05) is 22.0 Å². The maximum absolute atomic E-state index is 10.8. The van der Waals surface area contributed by atoms with Crippen LogP contribution in [0, 0.1) is 10.1 Å². The van der Waals surface area contributed by atoms with E-state index in [1.807, 2.05) is 6.92 Å². The first-order chi connectivity index (χ1) is 7.54. The van der Waals surface area contributed by atoms with Crippen LogP contribution in [0.15, 0.2) is 18.2 Å². The Kier molecular flexibility index (Phi) is 5.03. The average molecular weight is 262 g/mol. The fourth-order valence-corrected chi connectivity index (χ4v) is 2.08. The minimum atomic E-state index is -0.420. The third-order valence-corrected chi connectivity index (χ3v) is 2.89. The quantitative estimate of drug-likeness (QED) is 0.453. The van der Waals surface area contributed by atoms with Gasteiger partial charge in [0.1, 0.15) is 0 Å². The van der Waals surface area contributed by atoms with Crippen LogP contribution in [0.5, 0.6) is 0 Å². The van der Waals surface area contributed by atoms with E-state index in [0.29, 0.717) is 17.0 Å². The normalized spacial score (nSPS) is 12.4. The lowest BCUT2D eigenvalue weighted by Crippen LogP contribution is -2.05. The van der Waals surface area contributed by atoms with Crippen molar-refractivity contribution in [2.45, 2.75) is 31.6 Å². The highest BCUT2D eigenvalue weighted by Gasteiger charge is 2.16. The molecule has 0 aliphatic heterocycles. The Bertz CT molecular complexity index is 382. The van der Waals surface area contributed by atoms with Crippen molar-refractivity contribution in [3.8, 4) is 0 Å². The summed E-state index contributed by atoms with van der Waals surface area (Å²) in [6.07, 6.45) is 2.32. The zero-order chi connectivity index (χ0) is 12.1. The Morgan fingerprint density at radius 1 is 1.50 bits per heavy atom. The largest absolute Gasteiger partial charge is 0.274 e. The molecule has 0 aromatic heterocycles. The molecule has 1 unspecified atom stereocenters. The number of hydrogen-bond acceptors (Lipinski definition) is 2. The number of alkyl halides is 1. The fourth-order valence-electron chi connectivity index (χ4n) is 1.53. The van der Waals surface area contributed by atoms with Gasteiger partial charge < -0.3 is 0 Å². The van der Waals surface area contributed by atoms with E-state index in [1.165, 1.54) is 6.07 Å². The summed E-state index contributed by atoms with van der Waals surface area (Å²) in [5.74, 6) is 0. The van der Waals surface area contributed by atoms with Gasteiger partial charge in [-0.1, -0.05) is 31.0 Å². The van der Waals surface area contributed by atoms with Crippen molar-refractivity contribution in [3.63, 3.8) is 0 Å². The molecule has 1 aromatic carbocycles. The second-order valence-electron chi connectivity index (χ2n) is 3.62. The number of benzene rings is 1. The molecule has 0 aliphatic rings. The zero-order valence-electron chi connectivity index (χ0n) is 8.95. The van der Waals surface area contributed by atoms with Gasteiger partial charge in [-0.15, -0.1) is 11.6 Å². The summed E-state index contributed by atoms with van der Waals surface area (Å²) in [6, 6.07) is 4.69. The second-order valence-corrected chi connectivity index (χ2v) is 4.67. The smallest absolute Gasteiger partial charge is 0.258 e. The first-order valence-electron chi connectivity index (χ1n) is 5.11. The Hall–Kier alpha value is -0.800. The standard InChI is InChI=1S/C11H13Cl2NO2/c1-2-3-9(12)6-8-4-5-10(13)7-11(8)14(15)16/h4-5,7,9H,2-3,6H2,1H3. The Morgan fingerprint density at radius 3 is 2.75 bits per heavy atom. The van der Waals surface area contributed by atoms with E-state index >= 15 is 0 Å². The Morgan fingerprint density at radius 2 is 2.19 bits per heavy atom. The second kappa shape index (κ2) is 6.06. The molecule has 0 heterocycles.